The standard InChI is InChI=1S/C13H19NO4S/c1-4-5-8(2)14-12(15)9(3)18-10-6-11(13(16)17)19-7-10/h6-9H,4-5H2,1-3H3,(H,14,15)(H,16,17). The second kappa shape index (κ2) is 7.13. The first-order valence-corrected chi connectivity index (χ1v) is 7.10. The summed E-state index contributed by atoms with van der Waals surface area (Å²) in [5.41, 5.74) is 0. The van der Waals surface area contributed by atoms with Gasteiger partial charge in [-0.25, -0.2) is 4.79 Å². The molecule has 0 aromatic carbocycles. The average Bonchev–Trinajstić information content (AvgIpc) is 2.77. The molecule has 5 nitrogen and oxygen atoms in total. The minimum atomic E-state index is -0.992. The molecule has 0 aliphatic heterocycles. The molecule has 1 aromatic rings. The highest BCUT2D eigenvalue weighted by molar-refractivity contribution is 7.12. The van der Waals surface area contributed by atoms with Crippen LogP contribution < -0.4 is 10.1 Å². The third-order valence-corrected chi connectivity index (χ3v) is 3.48. The van der Waals surface area contributed by atoms with Crippen molar-refractivity contribution >= 4 is 23.2 Å². The average molecular weight is 285 g/mol. The molecule has 0 aliphatic rings. The van der Waals surface area contributed by atoms with Crippen LogP contribution in [0.3, 0.4) is 0 Å². The molecule has 2 N–H and O–H groups in total. The smallest absolute Gasteiger partial charge is 0.346 e. The Hall–Kier alpha value is -1.56. The van der Waals surface area contributed by atoms with E-state index in [0.717, 1.165) is 24.2 Å². The Labute approximate surface area is 116 Å². The molecule has 1 aromatic heterocycles. The zero-order chi connectivity index (χ0) is 14.4. The van der Waals surface area contributed by atoms with Crippen molar-refractivity contribution in [1.82, 2.24) is 5.32 Å². The molecule has 0 radical (unpaired) electrons. The van der Waals surface area contributed by atoms with Gasteiger partial charge in [0.2, 0.25) is 0 Å². The highest BCUT2D eigenvalue weighted by Gasteiger charge is 2.18. The Morgan fingerprint density at radius 2 is 2.16 bits per heavy atom. The Kier molecular flexibility index (Phi) is 5.82. The van der Waals surface area contributed by atoms with Gasteiger partial charge in [-0.1, -0.05) is 13.3 Å². The first kappa shape index (κ1) is 15.5. The summed E-state index contributed by atoms with van der Waals surface area (Å²) in [6.07, 6.45) is 1.28. The number of carbonyl (C=O) groups excluding carboxylic acids is 1. The molecule has 2 atom stereocenters. The van der Waals surface area contributed by atoms with E-state index in [2.05, 4.69) is 12.2 Å². The van der Waals surface area contributed by atoms with E-state index in [1.807, 2.05) is 6.92 Å². The zero-order valence-corrected chi connectivity index (χ0v) is 12.1. The quantitative estimate of drug-likeness (QED) is 0.807. The van der Waals surface area contributed by atoms with Crippen molar-refractivity contribution in [2.45, 2.75) is 45.8 Å². The fourth-order valence-electron chi connectivity index (χ4n) is 1.62. The van der Waals surface area contributed by atoms with Gasteiger partial charge in [0.25, 0.3) is 5.91 Å². The van der Waals surface area contributed by atoms with Gasteiger partial charge in [-0.3, -0.25) is 4.79 Å². The van der Waals surface area contributed by atoms with Crippen LogP contribution in [-0.4, -0.2) is 29.1 Å². The first-order valence-electron chi connectivity index (χ1n) is 6.22. The van der Waals surface area contributed by atoms with E-state index in [9.17, 15) is 9.59 Å². The van der Waals surface area contributed by atoms with Crippen molar-refractivity contribution < 1.29 is 19.4 Å². The zero-order valence-electron chi connectivity index (χ0n) is 11.3. The first-order chi connectivity index (χ1) is 8.93. The Morgan fingerprint density at radius 1 is 1.47 bits per heavy atom. The van der Waals surface area contributed by atoms with Gasteiger partial charge < -0.3 is 15.2 Å². The van der Waals surface area contributed by atoms with E-state index < -0.39 is 12.1 Å². The molecule has 1 rings (SSSR count). The Balaban J connectivity index is 2.51. The summed E-state index contributed by atoms with van der Waals surface area (Å²) in [5.74, 6) is -0.772. The second-order valence-electron chi connectivity index (χ2n) is 4.41. The molecule has 0 bridgehead atoms. The molecule has 0 saturated carbocycles. The molecule has 0 aliphatic carbocycles. The molecule has 2 unspecified atom stereocenters. The molecular weight excluding hydrogens is 266 g/mol. The monoisotopic (exact) mass is 285 g/mol. The predicted octanol–water partition coefficient (Wildman–Crippen LogP) is 2.52. The number of rotatable bonds is 7. The van der Waals surface area contributed by atoms with Crippen molar-refractivity contribution in [3.05, 3.63) is 16.3 Å². The summed E-state index contributed by atoms with van der Waals surface area (Å²) in [7, 11) is 0. The number of carboxylic acids is 1. The van der Waals surface area contributed by atoms with Gasteiger partial charge in [0.05, 0.1) is 0 Å². The van der Waals surface area contributed by atoms with E-state index in [-0.39, 0.29) is 16.8 Å². The van der Waals surface area contributed by atoms with Crippen LogP contribution >= 0.6 is 11.3 Å². The van der Waals surface area contributed by atoms with Crippen LogP contribution in [-0.2, 0) is 4.79 Å². The lowest BCUT2D eigenvalue weighted by Gasteiger charge is -2.17. The minimum absolute atomic E-state index is 0.112. The summed E-state index contributed by atoms with van der Waals surface area (Å²) in [5, 5.41) is 13.2. The normalized spacial score (nSPS) is 13.6. The number of ether oxygens (including phenoxy) is 1. The highest BCUT2D eigenvalue weighted by Crippen LogP contribution is 2.22. The lowest BCUT2D eigenvalue weighted by Crippen LogP contribution is -2.41. The fourth-order valence-corrected chi connectivity index (χ4v) is 2.27. The number of aromatic carboxylic acids is 1. The summed E-state index contributed by atoms with van der Waals surface area (Å²) < 4.78 is 5.42. The van der Waals surface area contributed by atoms with Crippen LogP contribution in [0.5, 0.6) is 5.75 Å². The Bertz CT molecular complexity index is 444. The van der Waals surface area contributed by atoms with E-state index in [1.54, 1.807) is 12.3 Å². The van der Waals surface area contributed by atoms with Crippen LogP contribution in [0.4, 0.5) is 0 Å². The summed E-state index contributed by atoms with van der Waals surface area (Å²) >= 11 is 1.08. The van der Waals surface area contributed by atoms with Crippen LogP contribution in [0.2, 0.25) is 0 Å². The largest absolute Gasteiger partial charge is 0.480 e. The lowest BCUT2D eigenvalue weighted by atomic mass is 10.2. The predicted molar refractivity (Wildman–Crippen MR) is 73.9 cm³/mol. The molecular formula is C13H19NO4S. The van der Waals surface area contributed by atoms with Crippen LogP contribution in [0.1, 0.15) is 43.3 Å². The van der Waals surface area contributed by atoms with E-state index in [4.69, 9.17) is 9.84 Å². The SMILES string of the molecule is CCCC(C)NC(=O)C(C)Oc1csc(C(=O)O)c1. The maximum absolute atomic E-state index is 11.8. The van der Waals surface area contributed by atoms with Gasteiger partial charge in [-0.2, -0.15) is 0 Å². The highest BCUT2D eigenvalue weighted by atomic mass is 32.1. The van der Waals surface area contributed by atoms with Crippen molar-refractivity contribution in [1.29, 1.82) is 0 Å². The van der Waals surface area contributed by atoms with Gasteiger partial charge in [-0.05, 0) is 20.3 Å². The molecule has 106 valence electrons. The van der Waals surface area contributed by atoms with Gasteiger partial charge in [0, 0.05) is 17.5 Å². The van der Waals surface area contributed by atoms with Gasteiger partial charge >= 0.3 is 5.97 Å². The molecule has 1 heterocycles. The van der Waals surface area contributed by atoms with E-state index in [0.29, 0.717) is 5.75 Å². The van der Waals surface area contributed by atoms with Crippen LogP contribution in [0.25, 0.3) is 0 Å². The fraction of sp³-hybridized carbons (Fsp3) is 0.538. The number of amides is 1. The Morgan fingerprint density at radius 3 is 2.68 bits per heavy atom. The molecule has 1 amide bonds. The number of thiophene rings is 1. The number of hydrogen-bond donors (Lipinski definition) is 2. The van der Waals surface area contributed by atoms with Crippen LogP contribution in [0.15, 0.2) is 11.4 Å². The number of nitrogens with one attached hydrogen (secondary N) is 1. The van der Waals surface area contributed by atoms with Gasteiger partial charge in [-0.15, -0.1) is 11.3 Å². The van der Waals surface area contributed by atoms with Gasteiger partial charge in [0.15, 0.2) is 6.10 Å². The maximum atomic E-state index is 11.8. The summed E-state index contributed by atoms with van der Waals surface area (Å²) in [4.78, 5) is 22.7. The number of hydrogen-bond acceptors (Lipinski definition) is 4. The summed E-state index contributed by atoms with van der Waals surface area (Å²) in [6.45, 7) is 5.65. The minimum Gasteiger partial charge on any atom is -0.480 e. The number of carboxylic acid groups (broad SMARTS) is 1. The topological polar surface area (TPSA) is 75.6 Å². The van der Waals surface area contributed by atoms with Crippen LogP contribution in [0, 0.1) is 0 Å². The second-order valence-corrected chi connectivity index (χ2v) is 5.32. The third-order valence-electron chi connectivity index (χ3n) is 2.58. The molecule has 0 spiro atoms. The van der Waals surface area contributed by atoms with Crippen molar-refractivity contribution in [3.8, 4) is 5.75 Å². The molecule has 0 saturated heterocycles. The molecule has 6 heteroatoms. The van der Waals surface area contributed by atoms with Gasteiger partial charge in [0.1, 0.15) is 10.6 Å². The lowest BCUT2D eigenvalue weighted by molar-refractivity contribution is -0.127. The molecule has 19 heavy (non-hydrogen) atoms. The van der Waals surface area contributed by atoms with Crippen molar-refractivity contribution in [2.24, 2.45) is 0 Å². The van der Waals surface area contributed by atoms with E-state index >= 15 is 0 Å². The van der Waals surface area contributed by atoms with Crippen molar-refractivity contribution in [3.63, 3.8) is 0 Å². The number of carbonyl (C=O) groups is 2. The van der Waals surface area contributed by atoms with E-state index in [1.165, 1.54) is 6.07 Å². The van der Waals surface area contributed by atoms with Crippen molar-refractivity contribution in [2.75, 3.05) is 0 Å². The maximum Gasteiger partial charge on any atom is 0.346 e. The molecule has 0 fully saturated rings. The summed E-state index contributed by atoms with van der Waals surface area (Å²) in [6, 6.07) is 1.53. The third kappa shape index (κ3) is 4.90.